The number of aromatic nitrogens is 2. The van der Waals surface area contributed by atoms with E-state index in [2.05, 4.69) is 16.3 Å². The van der Waals surface area contributed by atoms with Crippen molar-refractivity contribution >= 4 is 23.1 Å². The van der Waals surface area contributed by atoms with Gasteiger partial charge in [0.15, 0.2) is 0 Å². The lowest BCUT2D eigenvalue weighted by atomic mass is 9.67. The first-order chi connectivity index (χ1) is 15.1. The normalized spacial score (nSPS) is 22.5. The summed E-state index contributed by atoms with van der Waals surface area (Å²) in [7, 11) is 0. The predicted molar refractivity (Wildman–Crippen MR) is 119 cm³/mol. The standard InChI is InChI=1S/C24H26N4O4/c1-7-31-21(29)17-19(25)32-20-16(13(4)26-27-20)24(17)15-11(2)8-9-14-12(3)10-23(5,6)28(18(14)15)22(24)30/h8-10H,7,25H2,1-6H3,(H,26,27). The summed E-state index contributed by atoms with van der Waals surface area (Å²) < 4.78 is 11.1. The Morgan fingerprint density at radius 2 is 1.97 bits per heavy atom. The van der Waals surface area contributed by atoms with Gasteiger partial charge in [-0.3, -0.25) is 9.89 Å². The molecule has 8 nitrogen and oxygen atoms in total. The molecule has 5 rings (SSSR count). The number of amides is 1. The van der Waals surface area contributed by atoms with E-state index in [0.29, 0.717) is 11.3 Å². The Morgan fingerprint density at radius 1 is 1.25 bits per heavy atom. The van der Waals surface area contributed by atoms with Crippen molar-refractivity contribution in [3.8, 4) is 5.88 Å². The second-order valence-corrected chi connectivity index (χ2v) is 9.12. The van der Waals surface area contributed by atoms with Crippen molar-refractivity contribution in [2.45, 2.75) is 52.5 Å². The maximum absolute atomic E-state index is 14.6. The van der Waals surface area contributed by atoms with E-state index in [1.807, 2.05) is 46.8 Å². The van der Waals surface area contributed by atoms with Gasteiger partial charge in [-0.25, -0.2) is 4.79 Å². The highest BCUT2D eigenvalue weighted by Crippen LogP contribution is 2.61. The molecule has 1 amide bonds. The van der Waals surface area contributed by atoms with Crippen molar-refractivity contribution in [3.05, 3.63) is 57.6 Å². The van der Waals surface area contributed by atoms with Crippen molar-refractivity contribution in [3.63, 3.8) is 0 Å². The Morgan fingerprint density at radius 3 is 2.66 bits per heavy atom. The number of fused-ring (bicyclic) bond motifs is 3. The van der Waals surface area contributed by atoms with Crippen LogP contribution in [0.2, 0.25) is 0 Å². The molecule has 1 aromatic heterocycles. The van der Waals surface area contributed by atoms with Crippen LogP contribution in [0, 0.1) is 13.8 Å². The molecule has 3 aliphatic rings. The molecule has 0 aliphatic carbocycles. The molecule has 8 heteroatoms. The van der Waals surface area contributed by atoms with Gasteiger partial charge < -0.3 is 20.1 Å². The fourth-order valence-electron chi connectivity index (χ4n) is 5.62. The van der Waals surface area contributed by atoms with Gasteiger partial charge in [0, 0.05) is 16.8 Å². The quantitative estimate of drug-likeness (QED) is 0.703. The molecule has 32 heavy (non-hydrogen) atoms. The largest absolute Gasteiger partial charge is 0.462 e. The van der Waals surface area contributed by atoms with E-state index in [1.165, 1.54) is 0 Å². The number of nitrogens with one attached hydrogen (secondary N) is 1. The maximum atomic E-state index is 14.6. The molecule has 1 unspecified atom stereocenters. The Hall–Kier alpha value is -3.55. The Balaban J connectivity index is 1.99. The summed E-state index contributed by atoms with van der Waals surface area (Å²) in [4.78, 5) is 29.7. The van der Waals surface area contributed by atoms with Crippen molar-refractivity contribution in [2.75, 3.05) is 11.5 Å². The van der Waals surface area contributed by atoms with Crippen molar-refractivity contribution in [2.24, 2.45) is 5.73 Å². The lowest BCUT2D eigenvalue weighted by molar-refractivity contribution is -0.141. The number of anilines is 1. The molecule has 4 heterocycles. The SMILES string of the molecule is CCOC(=O)C1=C(N)Oc2n[nH]c(C)c2C12C(=O)N1c3c(ccc(C)c32)C(C)=CC1(C)C. The molecule has 0 radical (unpaired) electrons. The first-order valence-corrected chi connectivity index (χ1v) is 10.7. The smallest absolute Gasteiger partial charge is 0.341 e. The molecule has 3 N–H and O–H groups in total. The Bertz CT molecular complexity index is 1280. The lowest BCUT2D eigenvalue weighted by Gasteiger charge is -2.40. The molecule has 1 aromatic carbocycles. The van der Waals surface area contributed by atoms with E-state index >= 15 is 0 Å². The third-order valence-electron chi connectivity index (χ3n) is 6.68. The zero-order chi connectivity index (χ0) is 23.2. The highest BCUT2D eigenvalue weighted by molar-refractivity contribution is 6.21. The maximum Gasteiger partial charge on any atom is 0.341 e. The summed E-state index contributed by atoms with van der Waals surface area (Å²) in [5.41, 5.74) is 9.70. The second-order valence-electron chi connectivity index (χ2n) is 9.12. The molecule has 1 atom stereocenters. The van der Waals surface area contributed by atoms with Crippen molar-refractivity contribution in [1.82, 2.24) is 10.2 Å². The van der Waals surface area contributed by atoms with E-state index < -0.39 is 16.9 Å². The first kappa shape index (κ1) is 20.4. The fourth-order valence-corrected chi connectivity index (χ4v) is 5.62. The summed E-state index contributed by atoms with van der Waals surface area (Å²) in [6, 6.07) is 4.00. The number of H-pyrrole nitrogens is 1. The van der Waals surface area contributed by atoms with E-state index in [0.717, 1.165) is 28.0 Å². The number of allylic oxidation sites excluding steroid dienone is 1. The molecular weight excluding hydrogens is 408 g/mol. The van der Waals surface area contributed by atoms with E-state index in [-0.39, 0.29) is 29.9 Å². The minimum Gasteiger partial charge on any atom is -0.462 e. The third kappa shape index (κ3) is 2.19. The number of nitrogens with two attached hydrogens (primary N) is 1. The van der Waals surface area contributed by atoms with Crippen molar-refractivity contribution in [1.29, 1.82) is 0 Å². The van der Waals surface area contributed by atoms with Gasteiger partial charge in [-0.15, -0.1) is 5.10 Å². The molecule has 3 aliphatic heterocycles. The second kappa shape index (κ2) is 6.25. The predicted octanol–water partition coefficient (Wildman–Crippen LogP) is 2.98. The number of aromatic amines is 1. The summed E-state index contributed by atoms with van der Waals surface area (Å²) >= 11 is 0. The highest BCUT2D eigenvalue weighted by Gasteiger charge is 2.65. The van der Waals surface area contributed by atoms with Crippen LogP contribution in [-0.2, 0) is 19.7 Å². The molecule has 0 bridgehead atoms. The Kier molecular flexibility index (Phi) is 3.97. The van der Waals surface area contributed by atoms with E-state index in [4.69, 9.17) is 15.2 Å². The van der Waals surface area contributed by atoms with Gasteiger partial charge in [-0.1, -0.05) is 18.2 Å². The molecule has 2 aromatic rings. The van der Waals surface area contributed by atoms with Gasteiger partial charge in [0.2, 0.25) is 17.7 Å². The van der Waals surface area contributed by atoms with Crippen LogP contribution in [0.25, 0.3) is 5.57 Å². The first-order valence-electron chi connectivity index (χ1n) is 10.7. The minimum atomic E-state index is -1.52. The minimum absolute atomic E-state index is 0.000651. The number of nitrogens with zero attached hydrogens (tertiary/aromatic N) is 2. The van der Waals surface area contributed by atoms with E-state index in [1.54, 1.807) is 11.8 Å². The van der Waals surface area contributed by atoms with Crippen LogP contribution in [-0.4, -0.2) is 34.2 Å². The van der Waals surface area contributed by atoms with Crippen LogP contribution in [0.1, 0.15) is 55.6 Å². The number of hydrogen-bond donors (Lipinski definition) is 2. The zero-order valence-electron chi connectivity index (χ0n) is 19.0. The molecule has 0 fully saturated rings. The zero-order valence-corrected chi connectivity index (χ0v) is 19.0. The lowest BCUT2D eigenvalue weighted by Crippen LogP contribution is -2.54. The van der Waals surface area contributed by atoms with Crippen LogP contribution >= 0.6 is 0 Å². The number of ether oxygens (including phenoxy) is 2. The van der Waals surface area contributed by atoms with Crippen molar-refractivity contribution < 1.29 is 19.1 Å². The van der Waals surface area contributed by atoms with Gasteiger partial charge >= 0.3 is 5.97 Å². The number of hydrogen-bond acceptors (Lipinski definition) is 6. The fraction of sp³-hybridized carbons (Fsp3) is 0.375. The number of aryl methyl sites for hydroxylation is 2. The molecule has 0 saturated carbocycles. The number of rotatable bonds is 2. The van der Waals surface area contributed by atoms with Crippen LogP contribution in [0.15, 0.2) is 29.7 Å². The number of esters is 1. The monoisotopic (exact) mass is 434 g/mol. The number of carbonyl (C=O) groups excluding carboxylic acids is 2. The van der Waals surface area contributed by atoms with Crippen LogP contribution in [0.5, 0.6) is 5.88 Å². The molecule has 1 spiro atoms. The van der Waals surface area contributed by atoms with Gasteiger partial charge in [-0.2, -0.15) is 0 Å². The average Bonchev–Trinajstić information content (AvgIpc) is 3.18. The third-order valence-corrected chi connectivity index (χ3v) is 6.68. The number of benzene rings is 1. The Labute approximate surface area is 186 Å². The molecule has 166 valence electrons. The summed E-state index contributed by atoms with van der Waals surface area (Å²) in [6.45, 7) is 11.6. The topological polar surface area (TPSA) is 111 Å². The van der Waals surface area contributed by atoms with Gasteiger partial charge in [-0.05, 0) is 52.7 Å². The van der Waals surface area contributed by atoms with Gasteiger partial charge in [0.1, 0.15) is 11.0 Å². The van der Waals surface area contributed by atoms with Gasteiger partial charge in [0.05, 0.1) is 23.4 Å². The van der Waals surface area contributed by atoms with Crippen LogP contribution in [0.3, 0.4) is 0 Å². The van der Waals surface area contributed by atoms with E-state index in [9.17, 15) is 9.59 Å². The molecule has 0 saturated heterocycles. The summed E-state index contributed by atoms with van der Waals surface area (Å²) in [5.74, 6) is -0.920. The highest BCUT2D eigenvalue weighted by atomic mass is 16.5. The number of carbonyl (C=O) groups is 2. The van der Waals surface area contributed by atoms with Gasteiger partial charge in [0.25, 0.3) is 0 Å². The van der Waals surface area contributed by atoms with Crippen LogP contribution in [0.4, 0.5) is 5.69 Å². The van der Waals surface area contributed by atoms with Crippen LogP contribution < -0.4 is 15.4 Å². The molecular formula is C24H26N4O4. The summed E-state index contributed by atoms with van der Waals surface area (Å²) in [6.07, 6.45) is 2.07. The average molecular weight is 434 g/mol. The summed E-state index contributed by atoms with van der Waals surface area (Å²) in [5, 5.41) is 7.16.